The van der Waals surface area contributed by atoms with Crippen LogP contribution < -0.4 is 15.4 Å². The van der Waals surface area contributed by atoms with E-state index in [4.69, 9.17) is 4.74 Å². The molecule has 1 aliphatic carbocycles. The molecule has 1 aliphatic heterocycles. The minimum atomic E-state index is -0.919. The summed E-state index contributed by atoms with van der Waals surface area (Å²) >= 11 is 0. The molecule has 2 aromatic rings. The number of nitrogens with one attached hydrogen (secondary N) is 2. The normalized spacial score (nSPS) is 22.7. The number of benzene rings is 2. The van der Waals surface area contributed by atoms with Crippen molar-refractivity contribution in [1.82, 2.24) is 15.5 Å². The fourth-order valence-electron chi connectivity index (χ4n) is 4.31. The molecule has 0 aromatic heterocycles. The number of hydrogen-bond acceptors (Lipinski definition) is 4. The lowest BCUT2D eigenvalue weighted by Gasteiger charge is -2.35. The van der Waals surface area contributed by atoms with Crippen molar-refractivity contribution in [3.05, 3.63) is 65.5 Å². The van der Waals surface area contributed by atoms with Gasteiger partial charge in [-0.1, -0.05) is 17.7 Å². The van der Waals surface area contributed by atoms with E-state index in [2.05, 4.69) is 10.6 Å². The molecule has 2 fully saturated rings. The van der Waals surface area contributed by atoms with E-state index in [-0.39, 0.29) is 36.8 Å². The van der Waals surface area contributed by atoms with Gasteiger partial charge in [0.25, 0.3) is 11.8 Å². The molecule has 2 aliphatic rings. The Hall–Kier alpha value is -3.42. The predicted molar refractivity (Wildman–Crippen MR) is 116 cm³/mol. The maximum atomic E-state index is 13.0. The Bertz CT molecular complexity index is 1020. The zero-order valence-electron chi connectivity index (χ0n) is 17.9. The van der Waals surface area contributed by atoms with Crippen LogP contribution in [-0.2, 0) is 4.79 Å². The monoisotopic (exact) mass is 439 g/mol. The third-order valence-electron chi connectivity index (χ3n) is 6.10. The van der Waals surface area contributed by atoms with E-state index in [1.54, 1.807) is 6.07 Å². The number of rotatable bonds is 6. The van der Waals surface area contributed by atoms with Crippen LogP contribution in [0.25, 0.3) is 0 Å². The fourth-order valence-corrected chi connectivity index (χ4v) is 4.31. The number of halogens is 1. The summed E-state index contributed by atoms with van der Waals surface area (Å²) < 4.78 is 18.5. The van der Waals surface area contributed by atoms with Crippen LogP contribution in [-0.4, -0.2) is 47.5 Å². The molecule has 7 nitrogen and oxygen atoms in total. The number of carbonyl (C=O) groups is 3. The summed E-state index contributed by atoms with van der Waals surface area (Å²) in [6.07, 6.45) is 2.13. The Morgan fingerprint density at radius 2 is 1.91 bits per heavy atom. The van der Waals surface area contributed by atoms with Crippen molar-refractivity contribution in [3.8, 4) is 5.75 Å². The fraction of sp³-hybridized carbons (Fsp3) is 0.375. The van der Waals surface area contributed by atoms with E-state index < -0.39 is 11.6 Å². The number of urea groups is 1. The van der Waals surface area contributed by atoms with Crippen molar-refractivity contribution in [2.75, 3.05) is 13.2 Å². The first-order valence-corrected chi connectivity index (χ1v) is 10.8. The average molecular weight is 439 g/mol. The van der Waals surface area contributed by atoms with Gasteiger partial charge in [0.05, 0.1) is 6.54 Å². The highest BCUT2D eigenvalue weighted by molar-refractivity contribution is 6.07. The molecule has 0 unspecified atom stereocenters. The van der Waals surface area contributed by atoms with E-state index in [0.29, 0.717) is 37.0 Å². The van der Waals surface area contributed by atoms with Gasteiger partial charge in [-0.2, -0.15) is 0 Å². The molecule has 32 heavy (non-hydrogen) atoms. The molecule has 4 rings (SSSR count). The average Bonchev–Trinajstić information content (AvgIpc) is 3.00. The van der Waals surface area contributed by atoms with Gasteiger partial charge in [0.1, 0.15) is 23.7 Å². The lowest BCUT2D eigenvalue weighted by molar-refractivity contribution is -0.132. The van der Waals surface area contributed by atoms with Gasteiger partial charge in [0.2, 0.25) is 0 Å². The molecule has 2 N–H and O–H groups in total. The van der Waals surface area contributed by atoms with Gasteiger partial charge in [-0.05, 0) is 69.0 Å². The molecule has 1 spiro atoms. The highest BCUT2D eigenvalue weighted by Gasteiger charge is 2.52. The summed E-state index contributed by atoms with van der Waals surface area (Å²) in [5, 5.41) is 5.90. The predicted octanol–water partition coefficient (Wildman–Crippen LogP) is 3.18. The molecular weight excluding hydrogens is 413 g/mol. The molecule has 1 saturated carbocycles. The third kappa shape index (κ3) is 4.59. The minimum Gasteiger partial charge on any atom is -0.492 e. The summed E-state index contributed by atoms with van der Waals surface area (Å²) in [7, 11) is 0. The van der Waals surface area contributed by atoms with Crippen molar-refractivity contribution in [2.24, 2.45) is 0 Å². The first kappa shape index (κ1) is 21.8. The zero-order chi connectivity index (χ0) is 22.7. The number of carbonyl (C=O) groups excluding carboxylic acids is 3. The lowest BCUT2D eigenvalue weighted by atomic mass is 9.79. The quantitative estimate of drug-likeness (QED) is 0.677. The Kier molecular flexibility index (Phi) is 6.12. The maximum absolute atomic E-state index is 13.0. The van der Waals surface area contributed by atoms with Gasteiger partial charge in [0.15, 0.2) is 0 Å². The van der Waals surface area contributed by atoms with Crippen molar-refractivity contribution >= 4 is 17.8 Å². The highest BCUT2D eigenvalue weighted by atomic mass is 19.1. The maximum Gasteiger partial charge on any atom is 0.325 e. The summed E-state index contributed by atoms with van der Waals surface area (Å²) in [4.78, 5) is 39.1. The smallest absolute Gasteiger partial charge is 0.325 e. The van der Waals surface area contributed by atoms with E-state index in [9.17, 15) is 18.8 Å². The minimum absolute atomic E-state index is 0.0470. The Balaban J connectivity index is 1.29. The molecule has 8 heteroatoms. The number of nitrogens with zero attached hydrogens (tertiary/aromatic N) is 1. The summed E-state index contributed by atoms with van der Waals surface area (Å²) in [5.74, 6) is -0.276. The van der Waals surface area contributed by atoms with Gasteiger partial charge >= 0.3 is 6.03 Å². The van der Waals surface area contributed by atoms with Gasteiger partial charge < -0.3 is 15.4 Å². The van der Waals surface area contributed by atoms with E-state index >= 15 is 0 Å². The van der Waals surface area contributed by atoms with Crippen LogP contribution in [0.1, 0.15) is 41.6 Å². The van der Waals surface area contributed by atoms with Gasteiger partial charge in [-0.25, -0.2) is 9.18 Å². The van der Waals surface area contributed by atoms with Gasteiger partial charge in [0, 0.05) is 11.6 Å². The zero-order valence-corrected chi connectivity index (χ0v) is 17.9. The van der Waals surface area contributed by atoms with Crippen LogP contribution in [0.3, 0.4) is 0 Å². The van der Waals surface area contributed by atoms with Crippen LogP contribution in [0.15, 0.2) is 48.5 Å². The van der Waals surface area contributed by atoms with E-state index in [0.717, 1.165) is 5.56 Å². The second-order valence-corrected chi connectivity index (χ2v) is 8.39. The Labute approximate surface area is 185 Å². The summed E-state index contributed by atoms with van der Waals surface area (Å²) in [6, 6.07) is 12.5. The van der Waals surface area contributed by atoms with Crippen LogP contribution >= 0.6 is 0 Å². The summed E-state index contributed by atoms with van der Waals surface area (Å²) in [6.45, 7) is 2.17. The van der Waals surface area contributed by atoms with Crippen molar-refractivity contribution in [1.29, 1.82) is 0 Å². The molecule has 2 aromatic carbocycles. The SMILES string of the molecule is Cc1cccc(C(=O)NC2CCC3(CC2)NC(=O)N(CCOc2ccc(F)cc2)C3=O)c1. The van der Waals surface area contributed by atoms with E-state index in [1.165, 1.54) is 29.2 Å². The number of amides is 4. The molecule has 168 valence electrons. The Morgan fingerprint density at radius 1 is 1.19 bits per heavy atom. The van der Waals surface area contributed by atoms with Crippen LogP contribution in [0, 0.1) is 12.7 Å². The van der Waals surface area contributed by atoms with Gasteiger partial charge in [-0.15, -0.1) is 0 Å². The lowest BCUT2D eigenvalue weighted by Crippen LogP contribution is -2.52. The number of hydrogen-bond donors (Lipinski definition) is 2. The summed E-state index contributed by atoms with van der Waals surface area (Å²) in [5.41, 5.74) is 0.711. The molecule has 0 atom stereocenters. The second kappa shape index (κ2) is 8.98. The topological polar surface area (TPSA) is 87.7 Å². The first-order chi connectivity index (χ1) is 15.4. The molecular formula is C24H26FN3O4. The molecule has 0 bridgehead atoms. The van der Waals surface area contributed by atoms with Crippen LogP contribution in [0.2, 0.25) is 0 Å². The molecule has 1 heterocycles. The second-order valence-electron chi connectivity index (χ2n) is 8.39. The largest absolute Gasteiger partial charge is 0.492 e. The van der Waals surface area contributed by atoms with E-state index in [1.807, 2.05) is 25.1 Å². The van der Waals surface area contributed by atoms with Crippen molar-refractivity contribution in [3.63, 3.8) is 0 Å². The first-order valence-electron chi connectivity index (χ1n) is 10.8. The standard InChI is InChI=1S/C24H26FN3O4/c1-16-3-2-4-17(15-16)21(29)26-19-9-11-24(12-10-19)22(30)28(23(31)27-24)13-14-32-20-7-5-18(25)6-8-20/h2-8,15,19H,9-14H2,1H3,(H,26,29)(H,27,31). The number of aryl methyl sites for hydroxylation is 1. The highest BCUT2D eigenvalue weighted by Crippen LogP contribution is 2.34. The molecule has 1 saturated heterocycles. The van der Waals surface area contributed by atoms with Crippen molar-refractivity contribution in [2.45, 2.75) is 44.2 Å². The van der Waals surface area contributed by atoms with Crippen molar-refractivity contribution < 1.29 is 23.5 Å². The van der Waals surface area contributed by atoms with Gasteiger partial charge in [-0.3, -0.25) is 14.5 Å². The Morgan fingerprint density at radius 3 is 2.59 bits per heavy atom. The van der Waals surface area contributed by atoms with Crippen LogP contribution in [0.4, 0.5) is 9.18 Å². The van der Waals surface area contributed by atoms with Crippen LogP contribution in [0.5, 0.6) is 5.75 Å². The third-order valence-corrected chi connectivity index (χ3v) is 6.10. The molecule has 0 radical (unpaired) electrons. The number of ether oxygens (including phenoxy) is 1. The number of imide groups is 1. The molecule has 4 amide bonds.